The number of hydrogen-bond donors (Lipinski definition) is 1. The number of rotatable bonds is 2. The minimum atomic E-state index is 0.611. The molecule has 3 rings (SSSR count). The molecule has 1 aromatic rings. The second-order valence-corrected chi connectivity index (χ2v) is 7.00. The lowest BCUT2D eigenvalue weighted by atomic mass is 9.97. The minimum absolute atomic E-state index is 0.611. The molecule has 2 saturated heterocycles. The smallest absolute Gasteiger partial charge is 0.0631 e. The number of hydrogen-bond acceptors (Lipinski definition) is 2. The number of para-hydroxylation sites is 1. The van der Waals surface area contributed by atoms with E-state index in [4.69, 9.17) is 0 Å². The molecule has 2 fully saturated rings. The lowest BCUT2D eigenvalue weighted by Gasteiger charge is -2.35. The molecule has 2 heterocycles. The molecule has 1 N–H and O–H groups in total. The Bertz CT molecular complexity index is 416. The molecule has 2 aliphatic heterocycles. The first-order chi connectivity index (χ1) is 8.74. The molecular weight excluding hydrogens is 356 g/mol. The number of nitrogens with zero attached hydrogens (tertiary/aromatic N) is 1. The van der Waals surface area contributed by atoms with Crippen LogP contribution in [0.25, 0.3) is 0 Å². The van der Waals surface area contributed by atoms with Crippen molar-refractivity contribution in [3.8, 4) is 0 Å². The molecule has 0 saturated carbocycles. The van der Waals surface area contributed by atoms with E-state index in [0.29, 0.717) is 6.04 Å². The molecule has 0 radical (unpaired) electrons. The summed E-state index contributed by atoms with van der Waals surface area (Å²) in [5, 5.41) is 3.71. The topological polar surface area (TPSA) is 15.3 Å². The quantitative estimate of drug-likeness (QED) is 0.833. The van der Waals surface area contributed by atoms with Gasteiger partial charge in [-0.2, -0.15) is 0 Å². The number of nitrogens with one attached hydrogen (secondary N) is 1. The van der Waals surface area contributed by atoms with Gasteiger partial charge in [-0.05, 0) is 76.2 Å². The monoisotopic (exact) mass is 372 g/mol. The fourth-order valence-corrected chi connectivity index (χ4v) is 4.42. The van der Waals surface area contributed by atoms with Crippen LogP contribution in [0.2, 0.25) is 0 Å². The third-order valence-corrected chi connectivity index (χ3v) is 5.45. The molecule has 0 spiro atoms. The van der Waals surface area contributed by atoms with Crippen molar-refractivity contribution in [2.75, 3.05) is 18.4 Å². The van der Waals surface area contributed by atoms with Gasteiger partial charge in [0, 0.05) is 27.6 Å². The highest BCUT2D eigenvalue weighted by Gasteiger charge is 2.31. The standard InChI is InChI=1S/C14H18Br2N2/c15-12-4-1-5-13(16)14(12)17-10-6-8-18-7-2-3-11(18)9-10/h1,4-5,10-11,17H,2-3,6-9H2. The normalized spacial score (nSPS) is 28.1. The first kappa shape index (κ1) is 12.9. The Morgan fingerprint density at radius 2 is 1.89 bits per heavy atom. The second kappa shape index (κ2) is 5.51. The average molecular weight is 374 g/mol. The molecule has 4 heteroatoms. The Kier molecular flexibility index (Phi) is 3.97. The van der Waals surface area contributed by atoms with Crippen molar-refractivity contribution in [2.24, 2.45) is 0 Å². The minimum Gasteiger partial charge on any atom is -0.380 e. The number of halogens is 2. The molecule has 2 atom stereocenters. The first-order valence-corrected chi connectivity index (χ1v) is 8.27. The summed E-state index contributed by atoms with van der Waals surface area (Å²) in [5.41, 5.74) is 1.20. The molecule has 0 aromatic heterocycles. The van der Waals surface area contributed by atoms with Gasteiger partial charge in [0.25, 0.3) is 0 Å². The summed E-state index contributed by atoms with van der Waals surface area (Å²) in [6.07, 6.45) is 5.31. The van der Waals surface area contributed by atoms with Crippen LogP contribution in [0.5, 0.6) is 0 Å². The first-order valence-electron chi connectivity index (χ1n) is 6.68. The Morgan fingerprint density at radius 1 is 1.11 bits per heavy atom. The molecule has 0 aliphatic carbocycles. The fraction of sp³-hybridized carbons (Fsp3) is 0.571. The van der Waals surface area contributed by atoms with Crippen molar-refractivity contribution in [3.05, 3.63) is 27.1 Å². The van der Waals surface area contributed by atoms with Crippen LogP contribution in [-0.4, -0.2) is 30.1 Å². The van der Waals surface area contributed by atoms with Crippen LogP contribution in [0.1, 0.15) is 25.7 Å². The third-order valence-electron chi connectivity index (χ3n) is 4.13. The van der Waals surface area contributed by atoms with Gasteiger partial charge in [-0.1, -0.05) is 6.07 Å². The maximum Gasteiger partial charge on any atom is 0.0631 e. The van der Waals surface area contributed by atoms with E-state index in [2.05, 4.69) is 60.3 Å². The van der Waals surface area contributed by atoms with Crippen molar-refractivity contribution in [2.45, 2.75) is 37.8 Å². The number of piperidine rings is 1. The Morgan fingerprint density at radius 3 is 2.67 bits per heavy atom. The lowest BCUT2D eigenvalue weighted by molar-refractivity contribution is 0.188. The van der Waals surface area contributed by atoms with Crippen molar-refractivity contribution in [1.82, 2.24) is 4.90 Å². The SMILES string of the molecule is Brc1cccc(Br)c1NC1CCN2CCCC2C1. The van der Waals surface area contributed by atoms with Gasteiger partial charge in [0.2, 0.25) is 0 Å². The van der Waals surface area contributed by atoms with Crippen LogP contribution in [0, 0.1) is 0 Å². The summed E-state index contributed by atoms with van der Waals surface area (Å²) in [7, 11) is 0. The molecule has 0 bridgehead atoms. The van der Waals surface area contributed by atoms with Gasteiger partial charge in [-0.25, -0.2) is 0 Å². The van der Waals surface area contributed by atoms with E-state index in [1.165, 1.54) is 44.5 Å². The molecule has 2 unspecified atom stereocenters. The zero-order valence-electron chi connectivity index (χ0n) is 10.3. The van der Waals surface area contributed by atoms with E-state index in [9.17, 15) is 0 Å². The van der Waals surface area contributed by atoms with Gasteiger partial charge in [-0.3, -0.25) is 0 Å². The second-order valence-electron chi connectivity index (χ2n) is 5.29. The summed E-state index contributed by atoms with van der Waals surface area (Å²) in [6, 6.07) is 7.67. The summed E-state index contributed by atoms with van der Waals surface area (Å²) in [5.74, 6) is 0. The zero-order chi connectivity index (χ0) is 12.5. The molecule has 2 aliphatic rings. The van der Waals surface area contributed by atoms with E-state index < -0.39 is 0 Å². The number of benzene rings is 1. The maximum absolute atomic E-state index is 3.71. The van der Waals surface area contributed by atoms with E-state index in [1.807, 2.05) is 0 Å². The Balaban J connectivity index is 1.69. The molecule has 2 nitrogen and oxygen atoms in total. The van der Waals surface area contributed by atoms with Gasteiger partial charge in [-0.15, -0.1) is 0 Å². The predicted molar refractivity (Wildman–Crippen MR) is 83.1 cm³/mol. The Labute approximate surface area is 125 Å². The summed E-state index contributed by atoms with van der Waals surface area (Å²) >= 11 is 7.25. The van der Waals surface area contributed by atoms with Gasteiger partial charge in [0.15, 0.2) is 0 Å². The molecule has 18 heavy (non-hydrogen) atoms. The average Bonchev–Trinajstić information content (AvgIpc) is 2.81. The van der Waals surface area contributed by atoms with Crippen molar-refractivity contribution >= 4 is 37.5 Å². The summed E-state index contributed by atoms with van der Waals surface area (Å²) < 4.78 is 2.29. The van der Waals surface area contributed by atoms with E-state index >= 15 is 0 Å². The van der Waals surface area contributed by atoms with Gasteiger partial charge in [0.1, 0.15) is 0 Å². The van der Waals surface area contributed by atoms with Gasteiger partial charge >= 0.3 is 0 Å². The van der Waals surface area contributed by atoms with Crippen LogP contribution < -0.4 is 5.32 Å². The van der Waals surface area contributed by atoms with Gasteiger partial charge < -0.3 is 10.2 Å². The highest BCUT2D eigenvalue weighted by atomic mass is 79.9. The van der Waals surface area contributed by atoms with Crippen LogP contribution >= 0.6 is 31.9 Å². The highest BCUT2D eigenvalue weighted by molar-refractivity contribution is 9.11. The molecular formula is C14H18Br2N2. The van der Waals surface area contributed by atoms with Crippen LogP contribution in [0.15, 0.2) is 27.1 Å². The number of anilines is 1. The van der Waals surface area contributed by atoms with E-state index in [-0.39, 0.29) is 0 Å². The lowest BCUT2D eigenvalue weighted by Crippen LogP contribution is -2.42. The van der Waals surface area contributed by atoms with E-state index in [0.717, 1.165) is 15.0 Å². The fourth-order valence-electron chi connectivity index (χ4n) is 3.20. The van der Waals surface area contributed by atoms with E-state index in [1.54, 1.807) is 0 Å². The maximum atomic E-state index is 3.71. The molecule has 98 valence electrons. The largest absolute Gasteiger partial charge is 0.380 e. The zero-order valence-corrected chi connectivity index (χ0v) is 13.5. The van der Waals surface area contributed by atoms with Crippen LogP contribution in [0.3, 0.4) is 0 Å². The number of fused-ring (bicyclic) bond motifs is 1. The predicted octanol–water partition coefficient (Wildman–Crippen LogP) is 4.25. The van der Waals surface area contributed by atoms with Crippen LogP contribution in [-0.2, 0) is 0 Å². The van der Waals surface area contributed by atoms with Gasteiger partial charge in [0.05, 0.1) is 5.69 Å². The summed E-state index contributed by atoms with van der Waals surface area (Å²) in [4.78, 5) is 2.66. The van der Waals surface area contributed by atoms with Crippen molar-refractivity contribution in [3.63, 3.8) is 0 Å². The summed E-state index contributed by atoms with van der Waals surface area (Å²) in [6.45, 7) is 2.57. The molecule has 1 aromatic carbocycles. The third kappa shape index (κ3) is 2.61. The molecule has 0 amide bonds. The van der Waals surface area contributed by atoms with Crippen molar-refractivity contribution < 1.29 is 0 Å². The van der Waals surface area contributed by atoms with Crippen molar-refractivity contribution in [1.29, 1.82) is 0 Å². The highest BCUT2D eigenvalue weighted by Crippen LogP contribution is 2.34. The Hall–Kier alpha value is -0.0600. The van der Waals surface area contributed by atoms with Crippen LogP contribution in [0.4, 0.5) is 5.69 Å².